The van der Waals surface area contributed by atoms with Crippen LogP contribution < -0.4 is 4.90 Å². The average Bonchev–Trinajstić information content (AvgIpc) is 3.14. The third-order valence-electron chi connectivity index (χ3n) is 4.78. The third-order valence-corrected chi connectivity index (χ3v) is 6.13. The topological polar surface area (TPSA) is 46.1 Å². The van der Waals surface area contributed by atoms with Crippen LogP contribution in [0.2, 0.25) is 5.02 Å². The van der Waals surface area contributed by atoms with E-state index in [1.54, 1.807) is 11.1 Å². The summed E-state index contributed by atoms with van der Waals surface area (Å²) in [6.45, 7) is 4.45. The fourth-order valence-electron chi connectivity index (χ4n) is 3.24. The van der Waals surface area contributed by atoms with E-state index in [1.165, 1.54) is 16.9 Å². The molecule has 4 nitrogen and oxygen atoms in total. The lowest BCUT2D eigenvalue weighted by Crippen LogP contribution is -2.32. The summed E-state index contributed by atoms with van der Waals surface area (Å²) in [5.74, 6) is -0.0159. The van der Waals surface area contributed by atoms with E-state index in [0.29, 0.717) is 23.1 Å². The van der Waals surface area contributed by atoms with Crippen LogP contribution in [0.25, 0.3) is 10.2 Å². The van der Waals surface area contributed by atoms with Gasteiger partial charge in [0.15, 0.2) is 5.13 Å². The van der Waals surface area contributed by atoms with Gasteiger partial charge >= 0.3 is 0 Å². The minimum atomic E-state index is -0.0159. The highest BCUT2D eigenvalue weighted by atomic mass is 35.5. The smallest absolute Gasteiger partial charge is 0.233 e. The average molecular weight is 422 g/mol. The van der Waals surface area contributed by atoms with Crippen molar-refractivity contribution in [3.05, 3.63) is 88.2 Å². The summed E-state index contributed by atoms with van der Waals surface area (Å²) in [7, 11) is 0. The lowest BCUT2D eigenvalue weighted by atomic mass is 10.0. The van der Waals surface area contributed by atoms with Crippen LogP contribution in [0.4, 0.5) is 5.13 Å². The van der Waals surface area contributed by atoms with Crippen LogP contribution in [-0.2, 0) is 17.8 Å². The molecule has 0 bridgehead atoms. The molecular formula is C23H20ClN3OS. The van der Waals surface area contributed by atoms with Gasteiger partial charge in [0.1, 0.15) is 5.52 Å². The number of fused-ring (bicyclic) bond motifs is 1. The summed E-state index contributed by atoms with van der Waals surface area (Å²) >= 11 is 7.77. The lowest BCUT2D eigenvalue weighted by molar-refractivity contribution is -0.118. The Labute approximate surface area is 178 Å². The summed E-state index contributed by atoms with van der Waals surface area (Å²) < 4.78 is 0.956. The van der Waals surface area contributed by atoms with Crippen LogP contribution >= 0.6 is 22.9 Å². The number of rotatable bonds is 5. The van der Waals surface area contributed by atoms with E-state index in [0.717, 1.165) is 27.0 Å². The van der Waals surface area contributed by atoms with Crippen molar-refractivity contribution in [2.24, 2.45) is 0 Å². The van der Waals surface area contributed by atoms with Crippen LogP contribution in [0.1, 0.15) is 22.4 Å². The predicted octanol–water partition coefficient (Wildman–Crippen LogP) is 5.74. The van der Waals surface area contributed by atoms with Crippen LogP contribution in [0.3, 0.4) is 0 Å². The second kappa shape index (κ2) is 8.31. The first-order chi connectivity index (χ1) is 14.0. The molecular weight excluding hydrogens is 402 g/mol. The van der Waals surface area contributed by atoms with E-state index in [4.69, 9.17) is 11.6 Å². The fourth-order valence-corrected chi connectivity index (χ4v) is 4.52. The molecule has 2 heterocycles. The Bertz CT molecular complexity index is 1170. The van der Waals surface area contributed by atoms with Crippen molar-refractivity contribution in [2.75, 3.05) is 4.90 Å². The maximum Gasteiger partial charge on any atom is 0.233 e. The van der Waals surface area contributed by atoms with Gasteiger partial charge in [0.2, 0.25) is 5.91 Å². The number of hydrogen-bond acceptors (Lipinski definition) is 4. The molecule has 1 amide bonds. The number of aromatic nitrogens is 2. The predicted molar refractivity (Wildman–Crippen MR) is 120 cm³/mol. The van der Waals surface area contributed by atoms with E-state index in [9.17, 15) is 4.79 Å². The Morgan fingerprint density at radius 1 is 1.10 bits per heavy atom. The van der Waals surface area contributed by atoms with Crippen molar-refractivity contribution < 1.29 is 4.79 Å². The second-order valence-electron chi connectivity index (χ2n) is 6.99. The molecule has 0 aliphatic carbocycles. The molecule has 0 radical (unpaired) electrons. The summed E-state index contributed by atoms with van der Waals surface area (Å²) in [6, 6.07) is 17.5. The number of hydrogen-bond donors (Lipinski definition) is 0. The number of anilines is 1. The van der Waals surface area contributed by atoms with Crippen molar-refractivity contribution in [1.82, 2.24) is 9.97 Å². The van der Waals surface area contributed by atoms with Gasteiger partial charge in [0.05, 0.1) is 28.4 Å². The van der Waals surface area contributed by atoms with Gasteiger partial charge in [-0.05, 0) is 49.2 Å². The Balaban J connectivity index is 1.70. The zero-order valence-corrected chi connectivity index (χ0v) is 17.8. The number of carbonyl (C=O) groups excluding carboxylic acids is 1. The molecule has 0 saturated heterocycles. The zero-order chi connectivity index (χ0) is 20.4. The van der Waals surface area contributed by atoms with Gasteiger partial charge in [-0.15, -0.1) is 0 Å². The third kappa shape index (κ3) is 4.31. The molecule has 2 aromatic carbocycles. The first-order valence-electron chi connectivity index (χ1n) is 9.33. The minimum absolute atomic E-state index is 0.0159. The molecule has 2 aromatic heterocycles. The summed E-state index contributed by atoms with van der Waals surface area (Å²) in [4.78, 5) is 24.1. The molecule has 0 fully saturated rings. The van der Waals surface area contributed by atoms with Crippen LogP contribution in [0.5, 0.6) is 0 Å². The number of nitrogens with zero attached hydrogens (tertiary/aromatic N) is 3. The molecule has 0 spiro atoms. The lowest BCUT2D eigenvalue weighted by Gasteiger charge is -2.20. The molecule has 0 saturated carbocycles. The number of amides is 1. The molecule has 0 N–H and O–H groups in total. The van der Waals surface area contributed by atoms with E-state index >= 15 is 0 Å². The van der Waals surface area contributed by atoms with Crippen molar-refractivity contribution in [1.29, 1.82) is 0 Å². The van der Waals surface area contributed by atoms with Crippen molar-refractivity contribution >= 4 is 44.2 Å². The number of aryl methyl sites for hydroxylation is 2. The number of thiazole rings is 1. The number of benzene rings is 2. The quantitative estimate of drug-likeness (QED) is 0.413. The number of pyridine rings is 1. The standard InChI is InChI=1S/C23H20ClN3OS/c1-15-9-10-17(16(2)12-15)13-21(28)27(14-18-6-3-4-11-25-18)23-26-22-19(24)7-5-8-20(22)29-23/h3-12H,13-14H2,1-2H3. The van der Waals surface area contributed by atoms with Gasteiger partial charge in [-0.25, -0.2) is 4.98 Å². The van der Waals surface area contributed by atoms with Gasteiger partial charge < -0.3 is 0 Å². The molecule has 0 aliphatic rings. The highest BCUT2D eigenvalue weighted by molar-refractivity contribution is 7.22. The minimum Gasteiger partial charge on any atom is -0.282 e. The van der Waals surface area contributed by atoms with Gasteiger partial charge in [0, 0.05) is 6.20 Å². The Kier molecular flexibility index (Phi) is 5.60. The maximum atomic E-state index is 13.3. The SMILES string of the molecule is Cc1ccc(CC(=O)N(Cc2ccccn2)c2nc3c(Cl)cccc3s2)c(C)c1. The van der Waals surface area contributed by atoms with Crippen LogP contribution in [0.15, 0.2) is 60.8 Å². The van der Waals surface area contributed by atoms with Crippen LogP contribution in [0, 0.1) is 13.8 Å². The Morgan fingerprint density at radius 3 is 2.69 bits per heavy atom. The number of carbonyl (C=O) groups is 1. The van der Waals surface area contributed by atoms with Crippen molar-refractivity contribution in [2.45, 2.75) is 26.8 Å². The van der Waals surface area contributed by atoms with Gasteiger partial charge in [-0.2, -0.15) is 0 Å². The van der Waals surface area contributed by atoms with E-state index in [1.807, 2.05) is 55.5 Å². The molecule has 6 heteroatoms. The Hall–Kier alpha value is -2.76. The molecule has 0 atom stereocenters. The Morgan fingerprint density at radius 2 is 1.97 bits per heavy atom. The first-order valence-corrected chi connectivity index (χ1v) is 10.5. The molecule has 29 heavy (non-hydrogen) atoms. The first kappa shape index (κ1) is 19.6. The normalized spacial score (nSPS) is 11.0. The fraction of sp³-hybridized carbons (Fsp3) is 0.174. The zero-order valence-electron chi connectivity index (χ0n) is 16.2. The van der Waals surface area contributed by atoms with Crippen molar-refractivity contribution in [3.63, 3.8) is 0 Å². The maximum absolute atomic E-state index is 13.3. The molecule has 146 valence electrons. The van der Waals surface area contributed by atoms with Crippen molar-refractivity contribution in [3.8, 4) is 0 Å². The monoisotopic (exact) mass is 421 g/mol. The largest absolute Gasteiger partial charge is 0.282 e. The highest BCUT2D eigenvalue weighted by Gasteiger charge is 2.22. The summed E-state index contributed by atoms with van der Waals surface area (Å²) in [5.41, 5.74) is 4.85. The second-order valence-corrected chi connectivity index (χ2v) is 8.41. The van der Waals surface area contributed by atoms with Gasteiger partial charge in [-0.3, -0.25) is 14.7 Å². The molecule has 0 unspecified atom stereocenters. The summed E-state index contributed by atoms with van der Waals surface area (Å²) in [6.07, 6.45) is 2.04. The van der Waals surface area contributed by atoms with E-state index < -0.39 is 0 Å². The molecule has 4 rings (SSSR count). The van der Waals surface area contributed by atoms with Gasteiger partial charge in [0.25, 0.3) is 0 Å². The number of para-hydroxylation sites is 1. The van der Waals surface area contributed by atoms with Crippen LogP contribution in [-0.4, -0.2) is 15.9 Å². The van der Waals surface area contributed by atoms with E-state index in [2.05, 4.69) is 23.0 Å². The molecule has 0 aliphatic heterocycles. The van der Waals surface area contributed by atoms with Gasteiger partial charge in [-0.1, -0.05) is 58.8 Å². The highest BCUT2D eigenvalue weighted by Crippen LogP contribution is 2.33. The summed E-state index contributed by atoms with van der Waals surface area (Å²) in [5, 5.41) is 1.22. The molecule has 4 aromatic rings. The van der Waals surface area contributed by atoms with E-state index in [-0.39, 0.29) is 5.91 Å². The number of halogens is 1.